The molecule has 0 fully saturated rings. The molecule has 1 aliphatic carbocycles. The van der Waals surface area contributed by atoms with Crippen molar-refractivity contribution in [1.82, 2.24) is 15.1 Å². The van der Waals surface area contributed by atoms with Crippen molar-refractivity contribution in [3.05, 3.63) is 72.1 Å². The van der Waals surface area contributed by atoms with Gasteiger partial charge in [0.25, 0.3) is 0 Å². The molecule has 3 aromatic rings. The second kappa shape index (κ2) is 9.56. The van der Waals surface area contributed by atoms with Crippen LogP contribution in [0.4, 0.5) is 10.5 Å². The Morgan fingerprint density at radius 3 is 2.36 bits per heavy atom. The molecule has 170 valence electrons. The van der Waals surface area contributed by atoms with E-state index in [0.717, 1.165) is 22.3 Å². The van der Waals surface area contributed by atoms with Crippen molar-refractivity contribution in [2.45, 2.75) is 31.8 Å². The molecule has 3 N–H and O–H groups in total. The van der Waals surface area contributed by atoms with Gasteiger partial charge in [0, 0.05) is 18.2 Å². The Morgan fingerprint density at radius 2 is 1.73 bits per heavy atom. The molecule has 1 heterocycles. The van der Waals surface area contributed by atoms with E-state index < -0.39 is 18.1 Å². The van der Waals surface area contributed by atoms with Crippen LogP contribution in [-0.4, -0.2) is 45.5 Å². The number of hydrogen-bond donors (Lipinski definition) is 3. The smallest absolute Gasteiger partial charge is 0.411 e. The van der Waals surface area contributed by atoms with Crippen LogP contribution in [0.25, 0.3) is 11.1 Å². The van der Waals surface area contributed by atoms with Gasteiger partial charge in [0.2, 0.25) is 5.91 Å². The Bertz CT molecular complexity index is 1140. The molecule has 9 nitrogen and oxygen atoms in total. The van der Waals surface area contributed by atoms with Gasteiger partial charge < -0.3 is 15.2 Å². The standard InChI is InChI=1S/C24H24N4O5/c1-15(10-23(30)31)26-22(29)13-28-12-16(11-25-28)27-24(32)33-14-21-19-8-4-2-6-17(19)18-7-3-5-9-20(18)21/h2-9,11-12,15,21H,10,13-14H2,1H3,(H,26,29)(H,27,32)(H,30,31)/t15-/m0/s1. The van der Waals surface area contributed by atoms with Crippen molar-refractivity contribution in [3.8, 4) is 11.1 Å². The second-order valence-corrected chi connectivity index (χ2v) is 7.94. The van der Waals surface area contributed by atoms with Gasteiger partial charge in [-0.3, -0.25) is 19.6 Å². The molecule has 0 unspecified atom stereocenters. The van der Waals surface area contributed by atoms with Gasteiger partial charge in [-0.25, -0.2) is 4.79 Å². The van der Waals surface area contributed by atoms with Crippen LogP contribution in [0.2, 0.25) is 0 Å². The van der Waals surface area contributed by atoms with E-state index in [2.05, 4.69) is 27.9 Å². The quantitative estimate of drug-likeness (QED) is 0.486. The Hall–Kier alpha value is -4.14. The molecule has 1 aromatic heterocycles. The number of nitrogens with one attached hydrogen (secondary N) is 2. The fraction of sp³-hybridized carbons (Fsp3) is 0.250. The molecule has 2 amide bonds. The van der Waals surface area contributed by atoms with Gasteiger partial charge in [0.05, 0.1) is 18.3 Å². The number of carbonyl (C=O) groups is 3. The summed E-state index contributed by atoms with van der Waals surface area (Å²) < 4.78 is 6.85. The molecule has 2 aromatic carbocycles. The Kier molecular flexibility index (Phi) is 6.39. The first-order valence-corrected chi connectivity index (χ1v) is 10.6. The molecular formula is C24H24N4O5. The van der Waals surface area contributed by atoms with Crippen LogP contribution in [-0.2, 0) is 20.9 Å². The summed E-state index contributed by atoms with van der Waals surface area (Å²) in [6.07, 6.45) is 2.13. The highest BCUT2D eigenvalue weighted by molar-refractivity contribution is 5.85. The number of aliphatic carboxylic acids is 1. The van der Waals surface area contributed by atoms with E-state index in [1.54, 1.807) is 6.92 Å². The fourth-order valence-electron chi connectivity index (χ4n) is 4.05. The summed E-state index contributed by atoms with van der Waals surface area (Å²) >= 11 is 0. The molecule has 0 radical (unpaired) electrons. The summed E-state index contributed by atoms with van der Waals surface area (Å²) in [4.78, 5) is 35.1. The Labute approximate surface area is 190 Å². The number of hydrogen-bond acceptors (Lipinski definition) is 5. The summed E-state index contributed by atoms with van der Waals surface area (Å²) in [5.41, 5.74) is 4.95. The van der Waals surface area contributed by atoms with E-state index in [4.69, 9.17) is 9.84 Å². The number of carboxylic acid groups (broad SMARTS) is 1. The van der Waals surface area contributed by atoms with Gasteiger partial charge in [0.15, 0.2) is 0 Å². The summed E-state index contributed by atoms with van der Waals surface area (Å²) in [5, 5.41) is 18.0. The van der Waals surface area contributed by atoms with E-state index in [1.165, 1.54) is 17.1 Å². The summed E-state index contributed by atoms with van der Waals surface area (Å²) in [6, 6.07) is 15.7. The molecule has 1 atom stereocenters. The molecule has 9 heteroatoms. The second-order valence-electron chi connectivity index (χ2n) is 7.94. The first kappa shape index (κ1) is 22.1. The number of ether oxygens (including phenoxy) is 1. The van der Waals surface area contributed by atoms with Crippen LogP contribution >= 0.6 is 0 Å². The van der Waals surface area contributed by atoms with Gasteiger partial charge in [-0.2, -0.15) is 5.10 Å². The van der Waals surface area contributed by atoms with E-state index in [1.807, 2.05) is 36.4 Å². The van der Waals surface area contributed by atoms with Crippen LogP contribution < -0.4 is 10.6 Å². The van der Waals surface area contributed by atoms with Crippen molar-refractivity contribution < 1.29 is 24.2 Å². The van der Waals surface area contributed by atoms with Crippen LogP contribution in [0.3, 0.4) is 0 Å². The Balaban J connectivity index is 1.31. The highest BCUT2D eigenvalue weighted by Gasteiger charge is 2.29. The van der Waals surface area contributed by atoms with E-state index >= 15 is 0 Å². The molecule has 0 saturated heterocycles. The lowest BCUT2D eigenvalue weighted by Gasteiger charge is -2.14. The average molecular weight is 448 g/mol. The maximum atomic E-state index is 12.4. The largest absolute Gasteiger partial charge is 0.481 e. The number of amides is 2. The van der Waals surface area contributed by atoms with E-state index in [0.29, 0.717) is 5.69 Å². The predicted octanol–water partition coefficient (Wildman–Crippen LogP) is 3.22. The molecule has 0 spiro atoms. The van der Waals surface area contributed by atoms with Crippen LogP contribution in [0, 0.1) is 0 Å². The lowest BCUT2D eigenvalue weighted by atomic mass is 9.98. The molecule has 0 aliphatic heterocycles. The van der Waals surface area contributed by atoms with Gasteiger partial charge in [0.1, 0.15) is 13.2 Å². The minimum absolute atomic E-state index is 0.0395. The zero-order valence-electron chi connectivity index (χ0n) is 18.0. The minimum atomic E-state index is -0.989. The number of benzene rings is 2. The first-order chi connectivity index (χ1) is 15.9. The predicted molar refractivity (Wildman–Crippen MR) is 121 cm³/mol. The number of fused-ring (bicyclic) bond motifs is 3. The van der Waals surface area contributed by atoms with Gasteiger partial charge >= 0.3 is 12.1 Å². The van der Waals surface area contributed by atoms with Crippen LogP contribution in [0.15, 0.2) is 60.9 Å². The monoisotopic (exact) mass is 448 g/mol. The van der Waals surface area contributed by atoms with Crippen LogP contribution in [0.1, 0.15) is 30.4 Å². The molecule has 33 heavy (non-hydrogen) atoms. The van der Waals surface area contributed by atoms with Gasteiger partial charge in [-0.15, -0.1) is 0 Å². The SMILES string of the molecule is C[C@@H](CC(=O)O)NC(=O)Cn1cc(NC(=O)OCC2c3ccccc3-c3ccccc32)cn1. The van der Waals surface area contributed by atoms with Crippen molar-refractivity contribution in [2.75, 3.05) is 11.9 Å². The van der Waals surface area contributed by atoms with Gasteiger partial charge in [-0.1, -0.05) is 48.5 Å². The molecular weight excluding hydrogens is 424 g/mol. The number of rotatable bonds is 8. The number of nitrogens with zero attached hydrogens (tertiary/aromatic N) is 2. The lowest BCUT2D eigenvalue weighted by Crippen LogP contribution is -2.36. The summed E-state index contributed by atoms with van der Waals surface area (Å²) in [5.74, 6) is -1.40. The van der Waals surface area contributed by atoms with Crippen molar-refractivity contribution in [3.63, 3.8) is 0 Å². The third kappa shape index (κ3) is 5.20. The number of carboxylic acids is 1. The van der Waals surface area contributed by atoms with Crippen molar-refractivity contribution >= 4 is 23.7 Å². The zero-order valence-corrected chi connectivity index (χ0v) is 18.0. The molecule has 0 saturated carbocycles. The maximum absolute atomic E-state index is 12.4. The van der Waals surface area contributed by atoms with Gasteiger partial charge in [-0.05, 0) is 29.2 Å². The van der Waals surface area contributed by atoms with Crippen molar-refractivity contribution in [1.29, 1.82) is 0 Å². The fourth-order valence-corrected chi connectivity index (χ4v) is 4.05. The number of carbonyl (C=O) groups excluding carboxylic acids is 2. The third-order valence-corrected chi connectivity index (χ3v) is 5.42. The van der Waals surface area contributed by atoms with Crippen LogP contribution in [0.5, 0.6) is 0 Å². The van der Waals surface area contributed by atoms with E-state index in [9.17, 15) is 14.4 Å². The topological polar surface area (TPSA) is 123 Å². The van der Waals surface area contributed by atoms with Crippen molar-refractivity contribution in [2.24, 2.45) is 0 Å². The summed E-state index contributed by atoms with van der Waals surface area (Å²) in [7, 11) is 0. The lowest BCUT2D eigenvalue weighted by molar-refractivity contribution is -0.137. The Morgan fingerprint density at radius 1 is 1.09 bits per heavy atom. The number of anilines is 1. The molecule has 4 rings (SSSR count). The minimum Gasteiger partial charge on any atom is -0.481 e. The first-order valence-electron chi connectivity index (χ1n) is 10.6. The normalized spacial score (nSPS) is 13.0. The molecule has 1 aliphatic rings. The number of aromatic nitrogens is 2. The maximum Gasteiger partial charge on any atom is 0.411 e. The average Bonchev–Trinajstić information content (AvgIpc) is 3.33. The molecule has 0 bridgehead atoms. The highest BCUT2D eigenvalue weighted by Crippen LogP contribution is 2.44. The van der Waals surface area contributed by atoms with E-state index in [-0.39, 0.29) is 31.4 Å². The third-order valence-electron chi connectivity index (χ3n) is 5.42. The summed E-state index contributed by atoms with van der Waals surface area (Å²) in [6.45, 7) is 1.70. The highest BCUT2D eigenvalue weighted by atomic mass is 16.5. The zero-order chi connectivity index (χ0) is 23.4.